The predicted octanol–water partition coefficient (Wildman–Crippen LogP) is 4.33. The van der Waals surface area contributed by atoms with E-state index in [1.165, 1.54) is 19.1 Å². The van der Waals surface area contributed by atoms with E-state index in [0.717, 1.165) is 12.1 Å². The maximum atomic E-state index is 13.1. The number of halogens is 3. The first kappa shape index (κ1) is 22.0. The molecule has 1 aliphatic carbocycles. The molecule has 9 heteroatoms. The van der Waals surface area contributed by atoms with Gasteiger partial charge in [-0.15, -0.1) is 0 Å². The highest BCUT2D eigenvalue weighted by Crippen LogP contribution is 2.54. The van der Waals surface area contributed by atoms with Gasteiger partial charge in [0.15, 0.2) is 0 Å². The zero-order valence-electron chi connectivity index (χ0n) is 17.4. The fourth-order valence-electron chi connectivity index (χ4n) is 4.16. The van der Waals surface area contributed by atoms with Crippen molar-refractivity contribution in [3.8, 4) is 0 Å². The standard InChI is InChI=1S/C23H21F3N2O4/c1-13-18-16(19(29)32-28-13)7-4-8-17(18)27-20(30)21(2,31)12-22(9-10-22)14-5-3-6-15(11-14)23(24,25)26/h3-8,11,31H,9-10,12H2,1-2H3,(H,27,30). The fourth-order valence-corrected chi connectivity index (χ4v) is 4.16. The molecule has 1 amide bonds. The zero-order valence-corrected chi connectivity index (χ0v) is 17.4. The summed E-state index contributed by atoms with van der Waals surface area (Å²) in [5, 5.41) is 17.9. The number of carbonyl (C=O) groups excluding carboxylic acids is 1. The number of aryl methyl sites for hydroxylation is 1. The van der Waals surface area contributed by atoms with E-state index in [-0.39, 0.29) is 17.5 Å². The smallest absolute Gasteiger partial charge is 0.380 e. The number of nitrogens with one attached hydrogen (secondary N) is 1. The van der Waals surface area contributed by atoms with Crippen molar-refractivity contribution in [2.24, 2.45) is 0 Å². The molecule has 1 unspecified atom stereocenters. The lowest BCUT2D eigenvalue weighted by Gasteiger charge is -2.28. The zero-order chi connectivity index (χ0) is 23.3. The van der Waals surface area contributed by atoms with E-state index in [0.29, 0.717) is 29.5 Å². The Labute approximate surface area is 181 Å². The lowest BCUT2D eigenvalue weighted by molar-refractivity contribution is -0.137. The molecule has 0 bridgehead atoms. The number of anilines is 1. The molecule has 0 aliphatic heterocycles. The van der Waals surface area contributed by atoms with Crippen LogP contribution in [-0.4, -0.2) is 21.8 Å². The van der Waals surface area contributed by atoms with Gasteiger partial charge >= 0.3 is 11.8 Å². The van der Waals surface area contributed by atoms with Gasteiger partial charge < -0.3 is 14.9 Å². The van der Waals surface area contributed by atoms with Crippen LogP contribution in [0.2, 0.25) is 0 Å². The average Bonchev–Trinajstić information content (AvgIpc) is 3.50. The molecule has 3 aromatic rings. The third kappa shape index (κ3) is 4.00. The Kier molecular flexibility index (Phi) is 5.12. The fraction of sp³-hybridized carbons (Fsp3) is 0.348. The van der Waals surface area contributed by atoms with Crippen LogP contribution in [0.15, 0.2) is 51.8 Å². The van der Waals surface area contributed by atoms with E-state index in [1.54, 1.807) is 25.1 Å². The van der Waals surface area contributed by atoms with Gasteiger partial charge in [-0.25, -0.2) is 4.79 Å². The van der Waals surface area contributed by atoms with Crippen LogP contribution in [0, 0.1) is 6.92 Å². The third-order valence-electron chi connectivity index (χ3n) is 5.99. The SMILES string of the molecule is Cc1noc(=O)c2cccc(NC(=O)C(C)(O)CC3(c4cccc(C(F)(F)F)c4)CC3)c12. The summed E-state index contributed by atoms with van der Waals surface area (Å²) < 4.78 is 44.1. The second-order valence-electron chi connectivity index (χ2n) is 8.55. The van der Waals surface area contributed by atoms with Gasteiger partial charge in [0.05, 0.1) is 22.3 Å². The molecule has 1 heterocycles. The van der Waals surface area contributed by atoms with Gasteiger partial charge in [-0.3, -0.25) is 4.79 Å². The number of aromatic nitrogens is 1. The molecule has 1 aliphatic rings. The molecule has 0 spiro atoms. The lowest BCUT2D eigenvalue weighted by atomic mass is 9.83. The molecule has 0 saturated heterocycles. The summed E-state index contributed by atoms with van der Waals surface area (Å²) in [4.78, 5) is 24.9. The normalized spacial score (nSPS) is 17.1. The van der Waals surface area contributed by atoms with Gasteiger partial charge in [0.2, 0.25) is 0 Å². The molecule has 168 valence electrons. The van der Waals surface area contributed by atoms with Crippen LogP contribution in [0.3, 0.4) is 0 Å². The summed E-state index contributed by atoms with van der Waals surface area (Å²) in [7, 11) is 0. The van der Waals surface area contributed by atoms with Crippen LogP contribution in [0.1, 0.15) is 43.0 Å². The van der Waals surface area contributed by atoms with Crippen LogP contribution >= 0.6 is 0 Å². The number of benzene rings is 2. The molecule has 2 N–H and O–H groups in total. The van der Waals surface area contributed by atoms with Gasteiger partial charge in [-0.1, -0.05) is 29.4 Å². The minimum absolute atomic E-state index is 0.0444. The maximum Gasteiger partial charge on any atom is 0.416 e. The van der Waals surface area contributed by atoms with Gasteiger partial charge in [0, 0.05) is 5.39 Å². The summed E-state index contributed by atoms with van der Waals surface area (Å²) in [6.07, 6.45) is -3.39. The molecule has 1 fully saturated rings. The summed E-state index contributed by atoms with van der Waals surface area (Å²) >= 11 is 0. The molecular weight excluding hydrogens is 425 g/mol. The minimum Gasteiger partial charge on any atom is -0.380 e. The lowest BCUT2D eigenvalue weighted by Crippen LogP contribution is -2.43. The number of nitrogens with zero attached hydrogens (tertiary/aromatic N) is 1. The number of rotatable bonds is 5. The molecule has 32 heavy (non-hydrogen) atoms. The molecule has 0 radical (unpaired) electrons. The quantitative estimate of drug-likeness (QED) is 0.609. The molecule has 4 rings (SSSR count). The van der Waals surface area contributed by atoms with Crippen LogP contribution in [0.4, 0.5) is 18.9 Å². The van der Waals surface area contributed by atoms with Crippen molar-refractivity contribution in [3.63, 3.8) is 0 Å². The van der Waals surface area contributed by atoms with Crippen molar-refractivity contribution in [1.82, 2.24) is 5.16 Å². The first-order chi connectivity index (χ1) is 14.9. The summed E-state index contributed by atoms with van der Waals surface area (Å²) in [5.74, 6) is -0.726. The van der Waals surface area contributed by atoms with Gasteiger partial charge in [0.25, 0.3) is 5.91 Å². The van der Waals surface area contributed by atoms with E-state index in [4.69, 9.17) is 4.52 Å². The van der Waals surface area contributed by atoms with Crippen LogP contribution < -0.4 is 10.9 Å². The summed E-state index contributed by atoms with van der Waals surface area (Å²) in [5.41, 5.74) is -2.87. The summed E-state index contributed by atoms with van der Waals surface area (Å²) in [6, 6.07) is 9.69. The Balaban J connectivity index is 1.60. The highest BCUT2D eigenvalue weighted by atomic mass is 19.4. The third-order valence-corrected chi connectivity index (χ3v) is 5.99. The number of aliphatic hydroxyl groups is 1. The van der Waals surface area contributed by atoms with Crippen LogP contribution in [-0.2, 0) is 16.4 Å². The van der Waals surface area contributed by atoms with E-state index in [1.807, 2.05) is 0 Å². The number of alkyl halides is 3. The number of hydrogen-bond donors (Lipinski definition) is 2. The van der Waals surface area contributed by atoms with Crippen molar-refractivity contribution in [1.29, 1.82) is 0 Å². The largest absolute Gasteiger partial charge is 0.416 e. The van der Waals surface area contributed by atoms with Crippen molar-refractivity contribution in [2.45, 2.75) is 50.3 Å². The Morgan fingerprint density at radius 1 is 1.22 bits per heavy atom. The first-order valence-electron chi connectivity index (χ1n) is 10.0. The topological polar surface area (TPSA) is 92.4 Å². The number of fused-ring (bicyclic) bond motifs is 1. The number of hydrogen-bond acceptors (Lipinski definition) is 5. The highest BCUT2D eigenvalue weighted by molar-refractivity contribution is 6.05. The van der Waals surface area contributed by atoms with Crippen molar-refractivity contribution >= 4 is 22.4 Å². The minimum atomic E-state index is -4.47. The summed E-state index contributed by atoms with van der Waals surface area (Å²) in [6.45, 7) is 2.95. The van der Waals surface area contributed by atoms with Crippen LogP contribution in [0.5, 0.6) is 0 Å². The highest BCUT2D eigenvalue weighted by Gasteiger charge is 2.51. The number of carbonyl (C=O) groups is 1. The Morgan fingerprint density at radius 3 is 2.56 bits per heavy atom. The first-order valence-corrected chi connectivity index (χ1v) is 10.0. The Hall–Kier alpha value is -3.20. The molecule has 1 atom stereocenters. The molecule has 1 saturated carbocycles. The molecule has 6 nitrogen and oxygen atoms in total. The van der Waals surface area contributed by atoms with Crippen molar-refractivity contribution in [3.05, 3.63) is 69.7 Å². The number of amides is 1. The van der Waals surface area contributed by atoms with Crippen molar-refractivity contribution < 1.29 is 27.6 Å². The van der Waals surface area contributed by atoms with Crippen molar-refractivity contribution in [2.75, 3.05) is 5.32 Å². The predicted molar refractivity (Wildman–Crippen MR) is 111 cm³/mol. The van der Waals surface area contributed by atoms with Gasteiger partial charge in [-0.05, 0) is 62.3 Å². The van der Waals surface area contributed by atoms with E-state index < -0.39 is 34.3 Å². The van der Waals surface area contributed by atoms with Crippen LogP contribution in [0.25, 0.3) is 10.8 Å². The molecule has 2 aromatic carbocycles. The van der Waals surface area contributed by atoms with E-state index in [9.17, 15) is 27.9 Å². The maximum absolute atomic E-state index is 13.1. The van der Waals surface area contributed by atoms with Gasteiger partial charge in [-0.2, -0.15) is 13.2 Å². The molecular formula is C23H21F3N2O4. The Morgan fingerprint density at radius 2 is 1.91 bits per heavy atom. The average molecular weight is 446 g/mol. The Bertz CT molecular complexity index is 1260. The van der Waals surface area contributed by atoms with E-state index >= 15 is 0 Å². The second-order valence-corrected chi connectivity index (χ2v) is 8.55. The monoisotopic (exact) mass is 446 g/mol. The molecule has 1 aromatic heterocycles. The van der Waals surface area contributed by atoms with Gasteiger partial charge in [0.1, 0.15) is 5.60 Å². The second kappa shape index (κ2) is 7.44. The van der Waals surface area contributed by atoms with E-state index in [2.05, 4.69) is 10.5 Å².